The van der Waals surface area contributed by atoms with Gasteiger partial charge < -0.3 is 5.32 Å². The Balaban J connectivity index is 1.22. The summed E-state index contributed by atoms with van der Waals surface area (Å²) in [5, 5.41) is 4.07. The van der Waals surface area contributed by atoms with Crippen molar-refractivity contribution in [2.75, 3.05) is 0 Å². The normalized spacial score (nSPS) is 24.2. The minimum absolute atomic E-state index is 0.204. The Morgan fingerprint density at radius 1 is 0.964 bits per heavy atom. The van der Waals surface area contributed by atoms with E-state index in [2.05, 4.69) is 40.5 Å². The predicted molar refractivity (Wildman–Crippen MR) is 114 cm³/mol. The number of carbonyl (C=O) groups excluding carboxylic acids is 1. The van der Waals surface area contributed by atoms with E-state index in [4.69, 9.17) is 11.6 Å². The standard InChI is InChI=1S/C24H29ClN2O/c25-20-11-9-18(10-12-20)7-4-8-24(28)26-21-15-22-13-14-23(16-21)27(22)17-19-5-2-1-3-6-19/h1-3,5-6,9-12,21-23H,4,7-8,13-17H2,(H,26,28). The second-order valence-corrected chi connectivity index (χ2v) is 8.70. The van der Waals surface area contributed by atoms with Crippen molar-refractivity contribution >= 4 is 17.5 Å². The van der Waals surface area contributed by atoms with Crippen molar-refractivity contribution in [3.63, 3.8) is 0 Å². The van der Waals surface area contributed by atoms with Crippen LogP contribution in [0.5, 0.6) is 0 Å². The molecule has 2 bridgehead atoms. The number of hydrogen-bond donors (Lipinski definition) is 1. The van der Waals surface area contributed by atoms with Gasteiger partial charge >= 0.3 is 0 Å². The Labute approximate surface area is 173 Å². The van der Waals surface area contributed by atoms with E-state index in [0.29, 0.717) is 24.5 Å². The van der Waals surface area contributed by atoms with Crippen molar-refractivity contribution in [2.24, 2.45) is 0 Å². The maximum atomic E-state index is 12.4. The van der Waals surface area contributed by atoms with Gasteiger partial charge in [-0.1, -0.05) is 54.1 Å². The molecule has 2 saturated heterocycles. The van der Waals surface area contributed by atoms with Crippen LogP contribution in [-0.4, -0.2) is 28.9 Å². The first-order valence-electron chi connectivity index (χ1n) is 10.5. The summed E-state index contributed by atoms with van der Waals surface area (Å²) in [4.78, 5) is 15.1. The van der Waals surface area contributed by atoms with Gasteiger partial charge in [-0.2, -0.15) is 0 Å². The largest absolute Gasteiger partial charge is 0.353 e. The topological polar surface area (TPSA) is 32.3 Å². The zero-order valence-corrected chi connectivity index (χ0v) is 17.1. The van der Waals surface area contributed by atoms with E-state index in [1.807, 2.05) is 24.3 Å². The van der Waals surface area contributed by atoms with E-state index in [9.17, 15) is 4.79 Å². The monoisotopic (exact) mass is 396 g/mol. The molecule has 0 aromatic heterocycles. The molecule has 2 aromatic rings. The third-order valence-electron chi connectivity index (χ3n) is 6.24. The molecule has 1 amide bonds. The number of nitrogens with zero attached hydrogens (tertiary/aromatic N) is 1. The number of piperidine rings is 1. The van der Waals surface area contributed by atoms with E-state index in [0.717, 1.165) is 37.3 Å². The van der Waals surface area contributed by atoms with E-state index in [1.54, 1.807) is 0 Å². The number of benzene rings is 2. The van der Waals surface area contributed by atoms with Gasteiger partial charge in [-0.15, -0.1) is 0 Å². The van der Waals surface area contributed by atoms with Crippen LogP contribution in [0, 0.1) is 0 Å². The third kappa shape index (κ3) is 4.95. The molecule has 28 heavy (non-hydrogen) atoms. The molecule has 0 saturated carbocycles. The van der Waals surface area contributed by atoms with E-state index in [-0.39, 0.29) is 5.91 Å². The second-order valence-electron chi connectivity index (χ2n) is 8.26. The van der Waals surface area contributed by atoms with Crippen LogP contribution in [0.3, 0.4) is 0 Å². The van der Waals surface area contributed by atoms with Crippen LogP contribution >= 0.6 is 11.6 Å². The predicted octanol–water partition coefficient (Wildman–Crippen LogP) is 4.97. The maximum Gasteiger partial charge on any atom is 0.220 e. The van der Waals surface area contributed by atoms with Crippen LogP contribution < -0.4 is 5.32 Å². The summed E-state index contributed by atoms with van der Waals surface area (Å²) >= 11 is 5.92. The number of halogens is 1. The number of carbonyl (C=O) groups is 1. The number of amides is 1. The van der Waals surface area contributed by atoms with Gasteiger partial charge in [0.1, 0.15) is 0 Å². The lowest BCUT2D eigenvalue weighted by Gasteiger charge is -2.39. The molecule has 0 aliphatic carbocycles. The molecule has 0 spiro atoms. The van der Waals surface area contributed by atoms with Crippen LogP contribution in [0.1, 0.15) is 49.7 Å². The quantitative estimate of drug-likeness (QED) is 0.716. The van der Waals surface area contributed by atoms with Gasteiger partial charge in [0.25, 0.3) is 0 Å². The summed E-state index contributed by atoms with van der Waals surface area (Å²) in [6.07, 6.45) is 7.11. The minimum atomic E-state index is 0.204. The minimum Gasteiger partial charge on any atom is -0.353 e. The lowest BCUT2D eigenvalue weighted by Crippen LogP contribution is -2.49. The molecule has 2 aliphatic rings. The molecule has 2 aliphatic heterocycles. The number of hydrogen-bond acceptors (Lipinski definition) is 2. The van der Waals surface area contributed by atoms with Crippen LogP contribution in [0.25, 0.3) is 0 Å². The summed E-state index contributed by atoms with van der Waals surface area (Å²) in [6, 6.07) is 20.2. The first kappa shape index (κ1) is 19.5. The van der Waals surface area contributed by atoms with Gasteiger partial charge in [0, 0.05) is 36.1 Å². The van der Waals surface area contributed by atoms with Crippen molar-refractivity contribution in [2.45, 2.75) is 69.6 Å². The fourth-order valence-electron chi connectivity index (χ4n) is 4.85. The smallest absolute Gasteiger partial charge is 0.220 e. The molecule has 4 rings (SSSR count). The summed E-state index contributed by atoms with van der Waals surface area (Å²) in [7, 11) is 0. The first-order valence-corrected chi connectivity index (χ1v) is 10.9. The van der Waals surface area contributed by atoms with E-state index >= 15 is 0 Å². The Hall–Kier alpha value is -1.84. The van der Waals surface area contributed by atoms with Crippen molar-refractivity contribution in [3.05, 3.63) is 70.7 Å². The number of fused-ring (bicyclic) bond motifs is 2. The first-order chi connectivity index (χ1) is 13.7. The second kappa shape index (κ2) is 9.11. The third-order valence-corrected chi connectivity index (χ3v) is 6.49. The summed E-state index contributed by atoms with van der Waals surface area (Å²) in [5.74, 6) is 0.204. The van der Waals surface area contributed by atoms with Crippen molar-refractivity contribution in [1.82, 2.24) is 10.2 Å². The van der Waals surface area contributed by atoms with Crippen molar-refractivity contribution in [1.29, 1.82) is 0 Å². The van der Waals surface area contributed by atoms with Crippen LogP contribution in [0.15, 0.2) is 54.6 Å². The van der Waals surface area contributed by atoms with Gasteiger partial charge in [0.15, 0.2) is 0 Å². The molecule has 3 nitrogen and oxygen atoms in total. The Bertz CT molecular complexity index is 763. The number of nitrogens with one attached hydrogen (secondary N) is 1. The molecule has 1 N–H and O–H groups in total. The highest BCUT2D eigenvalue weighted by atomic mass is 35.5. The zero-order chi connectivity index (χ0) is 19.3. The van der Waals surface area contributed by atoms with Gasteiger partial charge in [-0.3, -0.25) is 9.69 Å². The lowest BCUT2D eigenvalue weighted by molar-refractivity contribution is -0.122. The molecular weight excluding hydrogens is 368 g/mol. The fourth-order valence-corrected chi connectivity index (χ4v) is 4.97. The van der Waals surface area contributed by atoms with E-state index < -0.39 is 0 Å². The maximum absolute atomic E-state index is 12.4. The molecule has 2 heterocycles. The van der Waals surface area contributed by atoms with Crippen LogP contribution in [-0.2, 0) is 17.8 Å². The highest BCUT2D eigenvalue weighted by Gasteiger charge is 2.40. The highest BCUT2D eigenvalue weighted by molar-refractivity contribution is 6.30. The highest BCUT2D eigenvalue weighted by Crippen LogP contribution is 2.36. The summed E-state index contributed by atoms with van der Waals surface area (Å²) < 4.78 is 0. The molecule has 2 aromatic carbocycles. The molecule has 2 fully saturated rings. The Morgan fingerprint density at radius 3 is 2.32 bits per heavy atom. The molecule has 148 valence electrons. The van der Waals surface area contributed by atoms with Crippen molar-refractivity contribution in [3.8, 4) is 0 Å². The summed E-state index contributed by atoms with van der Waals surface area (Å²) in [6.45, 7) is 1.04. The molecule has 4 heteroatoms. The van der Waals surface area contributed by atoms with Crippen LogP contribution in [0.4, 0.5) is 0 Å². The van der Waals surface area contributed by atoms with Gasteiger partial charge in [0.2, 0.25) is 5.91 Å². The SMILES string of the molecule is O=C(CCCc1ccc(Cl)cc1)NC1CC2CCC(C1)N2Cc1ccccc1. The number of rotatable bonds is 7. The van der Waals surface area contributed by atoms with Crippen LogP contribution in [0.2, 0.25) is 5.02 Å². The van der Waals surface area contributed by atoms with Gasteiger partial charge in [-0.05, 0) is 61.8 Å². The van der Waals surface area contributed by atoms with Gasteiger partial charge in [0.05, 0.1) is 0 Å². The average Bonchev–Trinajstić information content (AvgIpc) is 2.93. The molecule has 0 radical (unpaired) electrons. The van der Waals surface area contributed by atoms with Gasteiger partial charge in [-0.25, -0.2) is 0 Å². The molecule has 2 unspecified atom stereocenters. The Kier molecular flexibility index (Phi) is 6.33. The van der Waals surface area contributed by atoms with E-state index in [1.165, 1.54) is 24.0 Å². The Morgan fingerprint density at radius 2 is 1.64 bits per heavy atom. The number of aryl methyl sites for hydroxylation is 1. The lowest BCUT2D eigenvalue weighted by atomic mass is 9.96. The summed E-state index contributed by atoms with van der Waals surface area (Å²) in [5.41, 5.74) is 2.63. The molecular formula is C24H29ClN2O. The fraction of sp³-hybridized carbons (Fsp3) is 0.458. The average molecular weight is 397 g/mol. The molecule has 2 atom stereocenters. The van der Waals surface area contributed by atoms with Crippen molar-refractivity contribution < 1.29 is 4.79 Å². The zero-order valence-electron chi connectivity index (χ0n) is 16.3.